The van der Waals surface area contributed by atoms with Crippen molar-refractivity contribution in [2.75, 3.05) is 13.2 Å². The van der Waals surface area contributed by atoms with Crippen LogP contribution in [0.15, 0.2) is 29.0 Å². The van der Waals surface area contributed by atoms with Crippen LogP contribution in [0.3, 0.4) is 0 Å². The van der Waals surface area contributed by atoms with Crippen LogP contribution in [-0.2, 0) is 4.74 Å². The Balaban J connectivity index is 2.24. The Hall–Kier alpha value is -0.670. The maximum Gasteiger partial charge on any atom is 0.106 e. The number of halogens is 1. The van der Waals surface area contributed by atoms with Crippen molar-refractivity contribution in [3.05, 3.63) is 34.6 Å². The topological polar surface area (TPSA) is 22.1 Å². The van der Waals surface area contributed by atoms with Gasteiger partial charge in [-0.1, -0.05) is 12.1 Å². The van der Waals surface area contributed by atoms with E-state index in [0.717, 1.165) is 24.2 Å². The molecule has 0 fully saturated rings. The van der Waals surface area contributed by atoms with Crippen LogP contribution in [0.2, 0.25) is 0 Å². The standard InChI is InChI=1S/C10H10BrNO/c11-10-2-1-9(7-12-10)8-3-5-13-6-4-8/h1-3,7H,4-6H2. The minimum atomic E-state index is 0.728. The Kier molecular flexibility index (Phi) is 2.76. The number of aromatic nitrogens is 1. The molecule has 0 bridgehead atoms. The van der Waals surface area contributed by atoms with Crippen LogP contribution in [0.25, 0.3) is 5.57 Å². The molecule has 0 spiro atoms. The molecule has 2 heterocycles. The first-order valence-corrected chi connectivity index (χ1v) is 5.04. The highest BCUT2D eigenvalue weighted by Crippen LogP contribution is 2.21. The van der Waals surface area contributed by atoms with Gasteiger partial charge in [-0.05, 0) is 39.6 Å². The van der Waals surface area contributed by atoms with Gasteiger partial charge in [0.1, 0.15) is 4.60 Å². The Labute approximate surface area is 85.8 Å². The summed E-state index contributed by atoms with van der Waals surface area (Å²) in [6, 6.07) is 4.04. The van der Waals surface area contributed by atoms with Crippen molar-refractivity contribution in [2.24, 2.45) is 0 Å². The molecule has 0 aliphatic carbocycles. The molecule has 0 unspecified atom stereocenters. The van der Waals surface area contributed by atoms with E-state index in [-0.39, 0.29) is 0 Å². The Morgan fingerprint density at radius 1 is 1.38 bits per heavy atom. The summed E-state index contributed by atoms with van der Waals surface area (Å²) in [5.74, 6) is 0. The second-order valence-corrected chi connectivity index (χ2v) is 3.74. The van der Waals surface area contributed by atoms with E-state index in [0.29, 0.717) is 0 Å². The lowest BCUT2D eigenvalue weighted by molar-refractivity contribution is 0.161. The van der Waals surface area contributed by atoms with Crippen LogP contribution >= 0.6 is 15.9 Å². The van der Waals surface area contributed by atoms with Gasteiger partial charge in [0.25, 0.3) is 0 Å². The van der Waals surface area contributed by atoms with Crippen LogP contribution < -0.4 is 0 Å². The van der Waals surface area contributed by atoms with Crippen LogP contribution in [0, 0.1) is 0 Å². The molecule has 3 heteroatoms. The highest BCUT2D eigenvalue weighted by atomic mass is 79.9. The second kappa shape index (κ2) is 4.03. The van der Waals surface area contributed by atoms with E-state index in [4.69, 9.17) is 4.74 Å². The molecule has 2 rings (SSSR count). The minimum Gasteiger partial charge on any atom is -0.377 e. The first-order chi connectivity index (χ1) is 6.36. The predicted octanol–water partition coefficient (Wildman–Crippen LogP) is 2.65. The van der Waals surface area contributed by atoms with Crippen molar-refractivity contribution < 1.29 is 4.74 Å². The number of pyridine rings is 1. The number of ether oxygens (including phenoxy) is 1. The molecular formula is C10H10BrNO. The largest absolute Gasteiger partial charge is 0.377 e. The van der Waals surface area contributed by atoms with Crippen LogP contribution in [0.1, 0.15) is 12.0 Å². The first kappa shape index (κ1) is 8.91. The normalized spacial score (nSPS) is 16.8. The average molecular weight is 240 g/mol. The summed E-state index contributed by atoms with van der Waals surface area (Å²) < 4.78 is 6.12. The Morgan fingerprint density at radius 3 is 2.92 bits per heavy atom. The molecule has 0 aromatic carbocycles. The molecule has 13 heavy (non-hydrogen) atoms. The van der Waals surface area contributed by atoms with Gasteiger partial charge in [-0.2, -0.15) is 0 Å². The zero-order valence-corrected chi connectivity index (χ0v) is 8.75. The molecule has 0 N–H and O–H groups in total. The molecule has 0 radical (unpaired) electrons. The van der Waals surface area contributed by atoms with Crippen molar-refractivity contribution >= 4 is 21.5 Å². The van der Waals surface area contributed by atoms with Gasteiger partial charge in [0.05, 0.1) is 13.2 Å². The molecule has 0 atom stereocenters. The van der Waals surface area contributed by atoms with E-state index >= 15 is 0 Å². The fraction of sp³-hybridized carbons (Fsp3) is 0.300. The molecule has 1 aliphatic rings. The molecule has 0 amide bonds. The van der Waals surface area contributed by atoms with Gasteiger partial charge in [-0.25, -0.2) is 4.98 Å². The van der Waals surface area contributed by atoms with Crippen LogP contribution in [0.4, 0.5) is 0 Å². The minimum absolute atomic E-state index is 0.728. The lowest BCUT2D eigenvalue weighted by Gasteiger charge is -2.12. The number of nitrogens with zero attached hydrogens (tertiary/aromatic N) is 1. The molecule has 0 saturated heterocycles. The highest BCUT2D eigenvalue weighted by molar-refractivity contribution is 9.10. The molecule has 68 valence electrons. The molecule has 0 saturated carbocycles. The summed E-state index contributed by atoms with van der Waals surface area (Å²) in [6.45, 7) is 1.55. The highest BCUT2D eigenvalue weighted by Gasteiger charge is 2.05. The third-order valence-corrected chi connectivity index (χ3v) is 2.53. The Bertz CT molecular complexity index is 318. The van der Waals surface area contributed by atoms with E-state index in [9.17, 15) is 0 Å². The van der Waals surface area contributed by atoms with E-state index in [1.54, 1.807) is 0 Å². The third-order valence-electron chi connectivity index (χ3n) is 2.06. The van der Waals surface area contributed by atoms with Crippen molar-refractivity contribution in [3.63, 3.8) is 0 Å². The van der Waals surface area contributed by atoms with Crippen molar-refractivity contribution in [1.82, 2.24) is 4.98 Å². The summed E-state index contributed by atoms with van der Waals surface area (Å²) in [4.78, 5) is 4.19. The van der Waals surface area contributed by atoms with Crippen molar-refractivity contribution in [2.45, 2.75) is 6.42 Å². The molecule has 1 aromatic heterocycles. The van der Waals surface area contributed by atoms with E-state index in [2.05, 4.69) is 33.1 Å². The maximum atomic E-state index is 5.24. The van der Waals surface area contributed by atoms with Gasteiger partial charge in [0.15, 0.2) is 0 Å². The molecule has 2 nitrogen and oxygen atoms in total. The SMILES string of the molecule is Brc1ccc(C2=CCOCC2)cn1. The summed E-state index contributed by atoms with van der Waals surface area (Å²) in [5, 5.41) is 0. The van der Waals surface area contributed by atoms with Crippen LogP contribution in [-0.4, -0.2) is 18.2 Å². The van der Waals surface area contributed by atoms with Gasteiger partial charge in [-0.15, -0.1) is 0 Å². The first-order valence-electron chi connectivity index (χ1n) is 4.25. The van der Waals surface area contributed by atoms with Crippen molar-refractivity contribution in [1.29, 1.82) is 0 Å². The zero-order valence-electron chi connectivity index (χ0n) is 7.16. The second-order valence-electron chi connectivity index (χ2n) is 2.92. The van der Waals surface area contributed by atoms with E-state index in [1.165, 1.54) is 11.1 Å². The average Bonchev–Trinajstić information content (AvgIpc) is 2.20. The van der Waals surface area contributed by atoms with Gasteiger partial charge >= 0.3 is 0 Å². The lowest BCUT2D eigenvalue weighted by atomic mass is 10.0. The molecule has 1 aromatic rings. The molecule has 1 aliphatic heterocycles. The predicted molar refractivity (Wildman–Crippen MR) is 55.4 cm³/mol. The fourth-order valence-corrected chi connectivity index (χ4v) is 1.59. The van der Waals surface area contributed by atoms with Gasteiger partial charge in [-0.3, -0.25) is 0 Å². The van der Waals surface area contributed by atoms with Crippen LogP contribution in [0.5, 0.6) is 0 Å². The van der Waals surface area contributed by atoms with Gasteiger partial charge < -0.3 is 4.74 Å². The summed E-state index contributed by atoms with van der Waals surface area (Å²) >= 11 is 3.31. The summed E-state index contributed by atoms with van der Waals surface area (Å²) in [7, 11) is 0. The fourth-order valence-electron chi connectivity index (χ4n) is 1.35. The number of hydrogen-bond acceptors (Lipinski definition) is 2. The van der Waals surface area contributed by atoms with Crippen molar-refractivity contribution in [3.8, 4) is 0 Å². The summed E-state index contributed by atoms with van der Waals surface area (Å²) in [5.41, 5.74) is 2.54. The summed E-state index contributed by atoms with van der Waals surface area (Å²) in [6.07, 6.45) is 5.00. The quantitative estimate of drug-likeness (QED) is 0.704. The zero-order chi connectivity index (χ0) is 9.10. The Morgan fingerprint density at radius 2 is 2.31 bits per heavy atom. The van der Waals surface area contributed by atoms with E-state index in [1.807, 2.05) is 12.3 Å². The smallest absolute Gasteiger partial charge is 0.106 e. The lowest BCUT2D eigenvalue weighted by Crippen LogP contribution is -2.03. The van der Waals surface area contributed by atoms with Gasteiger partial charge in [0, 0.05) is 6.20 Å². The van der Waals surface area contributed by atoms with E-state index < -0.39 is 0 Å². The number of hydrogen-bond donors (Lipinski definition) is 0. The number of rotatable bonds is 1. The third kappa shape index (κ3) is 2.17. The maximum absolute atomic E-state index is 5.24. The van der Waals surface area contributed by atoms with Gasteiger partial charge in [0.2, 0.25) is 0 Å². The monoisotopic (exact) mass is 239 g/mol. The molecular weight excluding hydrogens is 230 g/mol.